The van der Waals surface area contributed by atoms with E-state index in [2.05, 4.69) is 0 Å². The molecule has 5 nitrogen and oxygen atoms in total. The molecule has 1 heterocycles. The number of benzene rings is 2. The van der Waals surface area contributed by atoms with Crippen LogP contribution in [0.3, 0.4) is 0 Å². The van der Waals surface area contributed by atoms with Crippen LogP contribution < -0.4 is 9.47 Å². The van der Waals surface area contributed by atoms with Crippen molar-refractivity contribution in [3.63, 3.8) is 0 Å². The van der Waals surface area contributed by atoms with Gasteiger partial charge in [0, 0.05) is 7.05 Å². The second kappa shape index (κ2) is 10.4. The summed E-state index contributed by atoms with van der Waals surface area (Å²) in [7, 11) is 1.68. The van der Waals surface area contributed by atoms with Gasteiger partial charge < -0.3 is 14.2 Å². The number of carbonyl (C=O) groups is 1. The number of amides is 1. The van der Waals surface area contributed by atoms with E-state index < -0.39 is 0 Å². The van der Waals surface area contributed by atoms with E-state index in [4.69, 9.17) is 26.4 Å². The Balaban J connectivity index is 1.38. The molecule has 0 N–H and O–H groups in total. The number of carbonyl (C=O) groups excluding carboxylic acids is 1. The molecule has 0 bridgehead atoms. The maximum atomic E-state index is 12.1. The summed E-state index contributed by atoms with van der Waals surface area (Å²) in [6.07, 6.45) is 1.83. The molecule has 2 aromatic carbocycles. The number of ether oxygens (including phenoxy) is 3. The number of nitrogens with zero attached hydrogens (tertiary/aromatic N) is 1. The minimum Gasteiger partial charge on any atom is -0.491 e. The van der Waals surface area contributed by atoms with Crippen molar-refractivity contribution in [1.29, 1.82) is 0 Å². The first kappa shape index (κ1) is 21.4. The van der Waals surface area contributed by atoms with Gasteiger partial charge in [-0.1, -0.05) is 53.8 Å². The number of likely N-dealkylation sites (N-methyl/N-ethyl adjacent to an activating group) is 1. The average molecular weight is 430 g/mol. The quantitative estimate of drug-likeness (QED) is 0.337. The molecule has 0 atom stereocenters. The van der Waals surface area contributed by atoms with Gasteiger partial charge in [-0.25, -0.2) is 0 Å². The van der Waals surface area contributed by atoms with E-state index in [0.717, 1.165) is 17.1 Å². The van der Waals surface area contributed by atoms with E-state index in [1.165, 1.54) is 22.2 Å². The Labute approximate surface area is 180 Å². The molecule has 1 amide bonds. The number of thiocarbonyl (C=S) groups is 1. The van der Waals surface area contributed by atoms with Gasteiger partial charge in [0.25, 0.3) is 5.91 Å². The van der Waals surface area contributed by atoms with Crippen LogP contribution in [-0.2, 0) is 9.53 Å². The van der Waals surface area contributed by atoms with E-state index >= 15 is 0 Å². The Bertz CT molecular complexity index is 896. The third-order valence-electron chi connectivity index (χ3n) is 4.16. The van der Waals surface area contributed by atoms with Crippen molar-refractivity contribution >= 4 is 40.3 Å². The third kappa shape index (κ3) is 6.32. The highest BCUT2D eigenvalue weighted by atomic mass is 32.2. The predicted octanol–water partition coefficient (Wildman–Crippen LogP) is 4.30. The maximum Gasteiger partial charge on any atom is 0.265 e. The van der Waals surface area contributed by atoms with Crippen molar-refractivity contribution in [3.8, 4) is 11.5 Å². The Morgan fingerprint density at radius 1 is 1.00 bits per heavy atom. The zero-order valence-corrected chi connectivity index (χ0v) is 18.1. The lowest BCUT2D eigenvalue weighted by molar-refractivity contribution is -0.121. The molecule has 0 saturated carbocycles. The van der Waals surface area contributed by atoms with Gasteiger partial charge in [0.1, 0.15) is 29.0 Å². The van der Waals surface area contributed by atoms with Crippen LogP contribution in [0, 0.1) is 6.92 Å². The van der Waals surface area contributed by atoms with Gasteiger partial charge in [-0.05, 0) is 42.8 Å². The van der Waals surface area contributed by atoms with Crippen LogP contribution in [-0.4, -0.2) is 48.6 Å². The predicted molar refractivity (Wildman–Crippen MR) is 120 cm³/mol. The average Bonchev–Trinajstić information content (AvgIpc) is 2.95. The van der Waals surface area contributed by atoms with Gasteiger partial charge in [-0.15, -0.1) is 0 Å². The normalized spacial score (nSPS) is 15.2. The molecule has 1 fully saturated rings. The Morgan fingerprint density at radius 2 is 1.69 bits per heavy atom. The van der Waals surface area contributed by atoms with Gasteiger partial charge in [0.2, 0.25) is 0 Å². The highest BCUT2D eigenvalue weighted by Crippen LogP contribution is 2.31. The fourth-order valence-electron chi connectivity index (χ4n) is 2.56. The fourth-order valence-corrected chi connectivity index (χ4v) is 3.74. The van der Waals surface area contributed by atoms with Crippen LogP contribution in [0.15, 0.2) is 53.4 Å². The number of hydrogen-bond donors (Lipinski definition) is 0. The molecular weight excluding hydrogens is 406 g/mol. The second-order valence-corrected chi connectivity index (χ2v) is 8.11. The molecule has 0 aromatic heterocycles. The van der Waals surface area contributed by atoms with Gasteiger partial charge in [0.05, 0.1) is 18.1 Å². The van der Waals surface area contributed by atoms with Gasteiger partial charge in [-0.3, -0.25) is 9.69 Å². The lowest BCUT2D eigenvalue weighted by Crippen LogP contribution is -2.22. The highest BCUT2D eigenvalue weighted by Gasteiger charge is 2.28. The van der Waals surface area contributed by atoms with Crippen LogP contribution in [0.25, 0.3) is 6.08 Å². The topological polar surface area (TPSA) is 48.0 Å². The van der Waals surface area contributed by atoms with Crippen LogP contribution in [0.2, 0.25) is 0 Å². The standard InChI is InChI=1S/C22H23NO4S2/c1-16-6-8-18(9-7-16)26-12-10-25-11-13-27-19-5-3-4-17(14-19)15-20-21(24)23(2)22(28)29-20/h3-9,14-15H,10-13H2,1-2H3/b20-15-. The Kier molecular flexibility index (Phi) is 7.69. The first-order valence-corrected chi connectivity index (χ1v) is 10.5. The van der Waals surface area contributed by atoms with Crippen LogP contribution in [0.1, 0.15) is 11.1 Å². The maximum absolute atomic E-state index is 12.1. The minimum absolute atomic E-state index is 0.0763. The molecule has 7 heteroatoms. The summed E-state index contributed by atoms with van der Waals surface area (Å²) < 4.78 is 17.5. The van der Waals surface area contributed by atoms with Gasteiger partial charge >= 0.3 is 0 Å². The summed E-state index contributed by atoms with van der Waals surface area (Å²) in [6, 6.07) is 15.5. The summed E-state index contributed by atoms with van der Waals surface area (Å²) in [5.74, 6) is 1.49. The number of aryl methyl sites for hydroxylation is 1. The summed E-state index contributed by atoms with van der Waals surface area (Å²) in [6.45, 7) is 3.94. The van der Waals surface area contributed by atoms with Crippen LogP contribution >= 0.6 is 24.0 Å². The van der Waals surface area contributed by atoms with E-state index in [9.17, 15) is 4.79 Å². The molecule has 152 valence electrons. The number of thioether (sulfide) groups is 1. The molecule has 1 aliphatic rings. The first-order valence-electron chi connectivity index (χ1n) is 9.24. The fraction of sp³-hybridized carbons (Fsp3) is 0.273. The molecule has 0 spiro atoms. The lowest BCUT2D eigenvalue weighted by atomic mass is 10.2. The molecule has 0 unspecified atom stereocenters. The number of hydrogen-bond acceptors (Lipinski definition) is 6. The van der Waals surface area contributed by atoms with E-state index in [-0.39, 0.29) is 5.91 Å². The first-order chi connectivity index (χ1) is 14.0. The van der Waals surface area contributed by atoms with Crippen molar-refractivity contribution in [1.82, 2.24) is 4.90 Å². The summed E-state index contributed by atoms with van der Waals surface area (Å²) in [4.78, 5) is 14.2. The van der Waals surface area contributed by atoms with Gasteiger partial charge in [0.15, 0.2) is 0 Å². The second-order valence-electron chi connectivity index (χ2n) is 6.44. The molecule has 1 saturated heterocycles. The summed E-state index contributed by atoms with van der Waals surface area (Å²) >= 11 is 6.46. The van der Waals surface area contributed by atoms with Crippen molar-refractivity contribution in [2.45, 2.75) is 6.92 Å². The highest BCUT2D eigenvalue weighted by molar-refractivity contribution is 8.26. The van der Waals surface area contributed by atoms with Crippen molar-refractivity contribution in [2.75, 3.05) is 33.5 Å². The molecule has 1 aliphatic heterocycles. The third-order valence-corrected chi connectivity index (χ3v) is 5.64. The zero-order valence-electron chi connectivity index (χ0n) is 16.4. The summed E-state index contributed by atoms with van der Waals surface area (Å²) in [5.41, 5.74) is 2.10. The molecular formula is C22H23NO4S2. The molecule has 29 heavy (non-hydrogen) atoms. The Hall–Kier alpha value is -2.35. The smallest absolute Gasteiger partial charge is 0.265 e. The van der Waals surface area contributed by atoms with Crippen molar-refractivity contribution in [2.24, 2.45) is 0 Å². The monoisotopic (exact) mass is 429 g/mol. The van der Waals surface area contributed by atoms with Crippen LogP contribution in [0.5, 0.6) is 11.5 Å². The SMILES string of the molecule is Cc1ccc(OCCOCCOc2cccc(/C=C3\SC(=S)N(C)C3=O)c2)cc1. The molecule has 0 radical (unpaired) electrons. The number of rotatable bonds is 9. The van der Waals surface area contributed by atoms with Crippen LogP contribution in [0.4, 0.5) is 0 Å². The summed E-state index contributed by atoms with van der Waals surface area (Å²) in [5, 5.41) is 0. The van der Waals surface area contributed by atoms with Crippen molar-refractivity contribution in [3.05, 3.63) is 64.6 Å². The molecule has 3 rings (SSSR count). The molecule has 0 aliphatic carbocycles. The van der Waals surface area contributed by atoms with E-state index in [1.54, 1.807) is 7.05 Å². The largest absolute Gasteiger partial charge is 0.491 e. The minimum atomic E-state index is -0.0763. The van der Waals surface area contributed by atoms with Crippen molar-refractivity contribution < 1.29 is 19.0 Å². The zero-order chi connectivity index (χ0) is 20.6. The molecule has 2 aromatic rings. The Morgan fingerprint density at radius 3 is 2.34 bits per heavy atom. The van der Waals surface area contributed by atoms with Gasteiger partial charge in [-0.2, -0.15) is 0 Å². The lowest BCUT2D eigenvalue weighted by Gasteiger charge is -2.09. The van der Waals surface area contributed by atoms with E-state index in [0.29, 0.717) is 35.7 Å². The van der Waals surface area contributed by atoms with E-state index in [1.807, 2.05) is 61.5 Å².